The van der Waals surface area contributed by atoms with E-state index in [0.717, 1.165) is 11.4 Å². The number of aromatic nitrogens is 2. The summed E-state index contributed by atoms with van der Waals surface area (Å²) < 4.78 is 6.27. The standard InChI is InChI=1S/C18H14N4O2/c1-24-18(23)16-15(12-19)17(20-13-8-4-2-5-9-13)22(21-16)14-10-6-3-7-11-14/h2-11,20H,1H3. The number of benzene rings is 2. The lowest BCUT2D eigenvalue weighted by Gasteiger charge is -2.10. The molecule has 0 fully saturated rings. The van der Waals surface area contributed by atoms with Crippen molar-refractivity contribution >= 4 is 17.5 Å². The zero-order valence-electron chi connectivity index (χ0n) is 12.9. The van der Waals surface area contributed by atoms with E-state index in [0.29, 0.717) is 5.82 Å². The first kappa shape index (κ1) is 15.3. The zero-order chi connectivity index (χ0) is 16.9. The Bertz CT molecular complexity index is 896. The van der Waals surface area contributed by atoms with Gasteiger partial charge in [-0.2, -0.15) is 10.4 Å². The molecule has 118 valence electrons. The van der Waals surface area contributed by atoms with Gasteiger partial charge in [0.15, 0.2) is 11.5 Å². The van der Waals surface area contributed by atoms with Gasteiger partial charge in [0.2, 0.25) is 0 Å². The third-order valence-corrected chi connectivity index (χ3v) is 3.41. The molecule has 1 aromatic heterocycles. The van der Waals surface area contributed by atoms with E-state index in [1.54, 1.807) is 0 Å². The van der Waals surface area contributed by atoms with E-state index in [2.05, 4.69) is 10.4 Å². The van der Waals surface area contributed by atoms with Gasteiger partial charge in [-0.25, -0.2) is 9.48 Å². The maximum atomic E-state index is 12.0. The molecule has 0 aliphatic heterocycles. The molecule has 0 bridgehead atoms. The highest BCUT2D eigenvalue weighted by atomic mass is 16.5. The number of hydrogen-bond donors (Lipinski definition) is 1. The van der Waals surface area contributed by atoms with E-state index in [-0.39, 0.29) is 11.3 Å². The summed E-state index contributed by atoms with van der Waals surface area (Å²) in [5, 5.41) is 17.0. The van der Waals surface area contributed by atoms with Crippen LogP contribution in [0.3, 0.4) is 0 Å². The summed E-state index contributed by atoms with van der Waals surface area (Å²) in [6.45, 7) is 0. The van der Waals surface area contributed by atoms with Gasteiger partial charge in [-0.05, 0) is 24.3 Å². The van der Waals surface area contributed by atoms with Crippen LogP contribution < -0.4 is 5.32 Å². The summed E-state index contributed by atoms with van der Waals surface area (Å²) in [5.74, 6) is -0.243. The van der Waals surface area contributed by atoms with Crippen LogP contribution in [0.25, 0.3) is 5.69 Å². The number of esters is 1. The van der Waals surface area contributed by atoms with Crippen molar-refractivity contribution in [3.8, 4) is 11.8 Å². The minimum Gasteiger partial charge on any atom is -0.464 e. The number of carbonyl (C=O) groups is 1. The molecule has 0 aliphatic rings. The van der Waals surface area contributed by atoms with Crippen molar-refractivity contribution in [2.24, 2.45) is 0 Å². The normalized spacial score (nSPS) is 10.0. The molecule has 0 amide bonds. The van der Waals surface area contributed by atoms with Crippen LogP contribution in [0.15, 0.2) is 60.7 Å². The molecule has 0 spiro atoms. The van der Waals surface area contributed by atoms with E-state index in [9.17, 15) is 10.1 Å². The summed E-state index contributed by atoms with van der Waals surface area (Å²) in [6, 6.07) is 20.7. The van der Waals surface area contributed by atoms with Crippen LogP contribution in [-0.4, -0.2) is 22.9 Å². The maximum absolute atomic E-state index is 12.0. The summed E-state index contributed by atoms with van der Waals surface area (Å²) >= 11 is 0. The number of para-hydroxylation sites is 2. The van der Waals surface area contributed by atoms with Crippen molar-refractivity contribution in [2.45, 2.75) is 0 Å². The monoisotopic (exact) mass is 318 g/mol. The van der Waals surface area contributed by atoms with Gasteiger partial charge in [0.05, 0.1) is 12.8 Å². The predicted octanol–water partition coefficient (Wildman–Crippen LogP) is 3.27. The molecule has 6 nitrogen and oxygen atoms in total. The Balaban J connectivity index is 2.18. The Morgan fingerprint density at radius 2 is 1.75 bits per heavy atom. The van der Waals surface area contributed by atoms with Gasteiger partial charge in [-0.3, -0.25) is 0 Å². The van der Waals surface area contributed by atoms with Crippen LogP contribution >= 0.6 is 0 Å². The summed E-state index contributed by atoms with van der Waals surface area (Å²) in [5.41, 5.74) is 1.61. The molecule has 24 heavy (non-hydrogen) atoms. The summed E-state index contributed by atoms with van der Waals surface area (Å²) in [7, 11) is 1.26. The Kier molecular flexibility index (Phi) is 4.25. The fourth-order valence-electron chi connectivity index (χ4n) is 2.29. The molecule has 1 N–H and O–H groups in total. The van der Waals surface area contributed by atoms with Crippen molar-refractivity contribution in [1.29, 1.82) is 5.26 Å². The van der Waals surface area contributed by atoms with Gasteiger partial charge in [-0.1, -0.05) is 36.4 Å². The number of rotatable bonds is 4. The van der Waals surface area contributed by atoms with E-state index in [1.807, 2.05) is 66.7 Å². The fourth-order valence-corrected chi connectivity index (χ4v) is 2.29. The molecule has 0 atom stereocenters. The molecular weight excluding hydrogens is 304 g/mol. The molecule has 3 aromatic rings. The number of nitrogens with zero attached hydrogens (tertiary/aromatic N) is 3. The Hall–Kier alpha value is -3.59. The number of ether oxygens (including phenoxy) is 1. The number of nitriles is 1. The lowest BCUT2D eigenvalue weighted by atomic mass is 10.2. The van der Waals surface area contributed by atoms with E-state index >= 15 is 0 Å². The minimum atomic E-state index is -0.655. The van der Waals surface area contributed by atoms with Crippen LogP contribution in [0, 0.1) is 11.3 Å². The van der Waals surface area contributed by atoms with Gasteiger partial charge in [0.1, 0.15) is 11.6 Å². The minimum absolute atomic E-state index is 0.0257. The molecule has 3 rings (SSSR count). The van der Waals surface area contributed by atoms with Gasteiger partial charge < -0.3 is 10.1 Å². The molecule has 0 saturated carbocycles. The van der Waals surface area contributed by atoms with Crippen LogP contribution in [0.4, 0.5) is 11.5 Å². The highest BCUT2D eigenvalue weighted by Crippen LogP contribution is 2.27. The Morgan fingerprint density at radius 3 is 2.33 bits per heavy atom. The molecule has 2 aromatic carbocycles. The second-order valence-electron chi connectivity index (χ2n) is 4.91. The third-order valence-electron chi connectivity index (χ3n) is 3.41. The number of carbonyl (C=O) groups excluding carboxylic acids is 1. The van der Waals surface area contributed by atoms with Gasteiger partial charge in [0.25, 0.3) is 0 Å². The van der Waals surface area contributed by atoms with Crippen LogP contribution in [0.2, 0.25) is 0 Å². The largest absolute Gasteiger partial charge is 0.464 e. The average molecular weight is 318 g/mol. The number of hydrogen-bond acceptors (Lipinski definition) is 5. The quantitative estimate of drug-likeness (QED) is 0.747. The molecule has 0 aliphatic carbocycles. The van der Waals surface area contributed by atoms with Crippen molar-refractivity contribution < 1.29 is 9.53 Å². The first-order chi connectivity index (χ1) is 11.7. The SMILES string of the molecule is COC(=O)c1nn(-c2ccccc2)c(Nc2ccccc2)c1C#N. The van der Waals surface area contributed by atoms with E-state index in [4.69, 9.17) is 4.74 Å². The topological polar surface area (TPSA) is 79.9 Å². The molecule has 6 heteroatoms. The Labute approximate surface area is 138 Å². The lowest BCUT2D eigenvalue weighted by molar-refractivity contribution is 0.0593. The van der Waals surface area contributed by atoms with Gasteiger partial charge >= 0.3 is 5.97 Å². The molecule has 0 unspecified atom stereocenters. The second kappa shape index (κ2) is 6.67. The van der Waals surface area contributed by atoms with Crippen LogP contribution in [0.5, 0.6) is 0 Å². The van der Waals surface area contributed by atoms with Crippen molar-refractivity contribution in [3.05, 3.63) is 71.9 Å². The fraction of sp³-hybridized carbons (Fsp3) is 0.0556. The first-order valence-corrected chi connectivity index (χ1v) is 7.23. The van der Waals surface area contributed by atoms with Crippen LogP contribution in [0.1, 0.15) is 16.1 Å². The number of anilines is 2. The average Bonchev–Trinajstić information content (AvgIpc) is 3.01. The highest BCUT2D eigenvalue weighted by molar-refractivity contribution is 5.92. The molecule has 1 heterocycles. The smallest absolute Gasteiger partial charge is 0.360 e. The Morgan fingerprint density at radius 1 is 1.12 bits per heavy atom. The predicted molar refractivity (Wildman–Crippen MR) is 89.3 cm³/mol. The maximum Gasteiger partial charge on any atom is 0.360 e. The summed E-state index contributed by atoms with van der Waals surface area (Å²) in [4.78, 5) is 12.0. The van der Waals surface area contributed by atoms with Crippen molar-refractivity contribution in [1.82, 2.24) is 9.78 Å². The molecular formula is C18H14N4O2. The summed E-state index contributed by atoms with van der Waals surface area (Å²) in [6.07, 6.45) is 0. The van der Waals surface area contributed by atoms with E-state index < -0.39 is 5.97 Å². The molecule has 0 saturated heterocycles. The third kappa shape index (κ3) is 2.83. The highest BCUT2D eigenvalue weighted by Gasteiger charge is 2.24. The van der Waals surface area contributed by atoms with Crippen molar-refractivity contribution in [3.63, 3.8) is 0 Å². The zero-order valence-corrected chi connectivity index (χ0v) is 12.9. The van der Waals surface area contributed by atoms with Gasteiger partial charge in [-0.15, -0.1) is 0 Å². The number of methoxy groups -OCH3 is 1. The van der Waals surface area contributed by atoms with Gasteiger partial charge in [0, 0.05) is 5.69 Å². The first-order valence-electron chi connectivity index (χ1n) is 7.23. The van der Waals surface area contributed by atoms with Crippen molar-refractivity contribution in [2.75, 3.05) is 12.4 Å². The van der Waals surface area contributed by atoms with E-state index in [1.165, 1.54) is 11.8 Å². The lowest BCUT2D eigenvalue weighted by Crippen LogP contribution is -2.05. The van der Waals surface area contributed by atoms with Crippen LogP contribution in [-0.2, 0) is 4.74 Å². The molecule has 0 radical (unpaired) electrons. The second-order valence-corrected chi connectivity index (χ2v) is 4.91. The number of nitrogens with one attached hydrogen (secondary N) is 1.